The summed E-state index contributed by atoms with van der Waals surface area (Å²) in [5.74, 6) is 0.645. The van der Waals surface area contributed by atoms with Crippen LogP contribution in [0.15, 0.2) is 24.3 Å². The van der Waals surface area contributed by atoms with E-state index in [1.165, 1.54) is 5.56 Å². The summed E-state index contributed by atoms with van der Waals surface area (Å²) in [6.45, 7) is 5.39. The normalized spacial score (nSPS) is 22.8. The minimum absolute atomic E-state index is 0.0555. The van der Waals surface area contributed by atoms with Gasteiger partial charge < -0.3 is 9.80 Å². The average Bonchev–Trinajstić information content (AvgIpc) is 2.93. The van der Waals surface area contributed by atoms with Crippen LogP contribution in [0.3, 0.4) is 0 Å². The van der Waals surface area contributed by atoms with Gasteiger partial charge in [-0.1, -0.05) is 13.0 Å². The fourth-order valence-corrected chi connectivity index (χ4v) is 4.37. The lowest BCUT2D eigenvalue weighted by Crippen LogP contribution is -2.49. The fraction of sp³-hybridized carbons (Fsp3) is 0.476. The van der Waals surface area contributed by atoms with E-state index in [0.29, 0.717) is 18.9 Å². The highest BCUT2D eigenvalue weighted by atomic mass is 16.2. The second-order valence-electron chi connectivity index (χ2n) is 7.59. The van der Waals surface area contributed by atoms with Crippen molar-refractivity contribution in [3.8, 4) is 0 Å². The van der Waals surface area contributed by atoms with Gasteiger partial charge in [0.05, 0.1) is 17.1 Å². The van der Waals surface area contributed by atoms with Crippen LogP contribution in [0.1, 0.15) is 41.4 Å². The molecule has 0 saturated carbocycles. The van der Waals surface area contributed by atoms with Crippen molar-refractivity contribution in [2.45, 2.75) is 39.2 Å². The van der Waals surface area contributed by atoms with E-state index in [1.54, 1.807) is 0 Å². The Kier molecular flexibility index (Phi) is 4.17. The lowest BCUT2D eigenvalue weighted by Gasteiger charge is -2.37. The number of aryl methyl sites for hydroxylation is 2. The van der Waals surface area contributed by atoms with Crippen LogP contribution < -0.4 is 0 Å². The van der Waals surface area contributed by atoms with Gasteiger partial charge in [-0.2, -0.15) is 0 Å². The first-order valence-corrected chi connectivity index (χ1v) is 9.43. The van der Waals surface area contributed by atoms with Crippen molar-refractivity contribution in [3.63, 3.8) is 0 Å². The number of pyridine rings is 1. The fourth-order valence-electron chi connectivity index (χ4n) is 4.37. The number of likely N-dealkylation sites (tertiary alicyclic amines) is 2. The van der Waals surface area contributed by atoms with Crippen molar-refractivity contribution in [2.24, 2.45) is 5.92 Å². The molecule has 2 aliphatic rings. The van der Waals surface area contributed by atoms with Crippen molar-refractivity contribution in [1.29, 1.82) is 0 Å². The Hall–Kier alpha value is -2.43. The Morgan fingerprint density at radius 1 is 1.31 bits per heavy atom. The Morgan fingerprint density at radius 2 is 2.12 bits per heavy atom. The molecule has 0 N–H and O–H groups in total. The molecule has 2 amide bonds. The van der Waals surface area contributed by atoms with Crippen molar-refractivity contribution < 1.29 is 9.59 Å². The van der Waals surface area contributed by atoms with Gasteiger partial charge in [0.25, 0.3) is 5.91 Å². The molecule has 0 unspecified atom stereocenters. The zero-order valence-corrected chi connectivity index (χ0v) is 15.7. The van der Waals surface area contributed by atoms with Gasteiger partial charge in [0.15, 0.2) is 0 Å². The molecule has 1 aromatic carbocycles. The molecule has 2 fully saturated rings. The number of carbonyl (C=O) groups excluding carboxylic acids is 2. The van der Waals surface area contributed by atoms with Crippen LogP contribution in [0.2, 0.25) is 0 Å². The van der Waals surface area contributed by atoms with Gasteiger partial charge in [-0.25, -0.2) is 0 Å². The molecular weight excluding hydrogens is 326 g/mol. The molecule has 5 nitrogen and oxygen atoms in total. The van der Waals surface area contributed by atoms with Crippen LogP contribution in [0.4, 0.5) is 0 Å². The Bertz CT molecular complexity index is 892. The summed E-state index contributed by atoms with van der Waals surface area (Å²) < 4.78 is 0. The smallest absolute Gasteiger partial charge is 0.254 e. The molecule has 0 spiro atoms. The molecule has 2 aromatic rings. The van der Waals surface area contributed by atoms with Crippen molar-refractivity contribution in [3.05, 3.63) is 41.1 Å². The lowest BCUT2D eigenvalue weighted by molar-refractivity contribution is -0.127. The molecule has 4 rings (SSSR count). The Balaban J connectivity index is 1.69. The number of aromatic nitrogens is 1. The zero-order chi connectivity index (χ0) is 18.4. The summed E-state index contributed by atoms with van der Waals surface area (Å²) in [7, 11) is 1.86. The number of fused-ring (bicyclic) bond motifs is 2. The number of hydrogen-bond acceptors (Lipinski definition) is 3. The van der Waals surface area contributed by atoms with Crippen molar-refractivity contribution in [1.82, 2.24) is 14.8 Å². The number of piperidine rings is 1. The van der Waals surface area contributed by atoms with Crippen LogP contribution in [-0.4, -0.2) is 52.8 Å². The molecule has 0 radical (unpaired) electrons. The van der Waals surface area contributed by atoms with E-state index in [4.69, 9.17) is 0 Å². The van der Waals surface area contributed by atoms with Crippen LogP contribution in [0.5, 0.6) is 0 Å². The molecule has 26 heavy (non-hydrogen) atoms. The largest absolute Gasteiger partial charge is 0.341 e. The minimum Gasteiger partial charge on any atom is -0.341 e. The molecule has 1 aromatic heterocycles. The van der Waals surface area contributed by atoms with Gasteiger partial charge in [0, 0.05) is 37.6 Å². The molecule has 0 aliphatic carbocycles. The lowest BCUT2D eigenvalue weighted by atomic mass is 9.91. The second kappa shape index (κ2) is 6.38. The molecule has 2 saturated heterocycles. The highest BCUT2D eigenvalue weighted by Crippen LogP contribution is 2.32. The van der Waals surface area contributed by atoms with Gasteiger partial charge >= 0.3 is 0 Å². The molecule has 2 atom stereocenters. The number of amides is 2. The predicted octanol–water partition coefficient (Wildman–Crippen LogP) is 2.80. The van der Waals surface area contributed by atoms with Gasteiger partial charge in [0.1, 0.15) is 0 Å². The van der Waals surface area contributed by atoms with Gasteiger partial charge in [-0.3, -0.25) is 14.6 Å². The SMILES string of the molecule is CCc1ccc2nc(C)cc(C(=O)N3CC[C@@H]4CC(=O)N(C)[C@@H]4C3)c2c1. The number of likely N-dealkylation sites (N-methyl/N-ethyl adjacent to an activating group) is 1. The van der Waals surface area contributed by atoms with E-state index < -0.39 is 0 Å². The van der Waals surface area contributed by atoms with Crippen LogP contribution in [0, 0.1) is 12.8 Å². The first-order valence-electron chi connectivity index (χ1n) is 9.43. The van der Waals surface area contributed by atoms with E-state index in [1.807, 2.05) is 35.9 Å². The number of rotatable bonds is 2. The molecule has 2 aliphatic heterocycles. The van der Waals surface area contributed by atoms with Crippen molar-refractivity contribution >= 4 is 22.7 Å². The molecule has 0 bridgehead atoms. The third kappa shape index (κ3) is 2.75. The van der Waals surface area contributed by atoms with Gasteiger partial charge in [-0.05, 0) is 49.4 Å². The van der Waals surface area contributed by atoms with Crippen LogP contribution in [-0.2, 0) is 11.2 Å². The van der Waals surface area contributed by atoms with E-state index >= 15 is 0 Å². The molecule has 5 heteroatoms. The Labute approximate surface area is 154 Å². The standard InChI is InChI=1S/C21H25N3O2/c1-4-14-5-6-18-16(10-14)17(9-13(2)22-18)21(26)24-8-7-15-11-20(25)23(3)19(15)12-24/h5-6,9-10,15,19H,4,7-8,11-12H2,1-3H3/t15-,19-/m1/s1. The summed E-state index contributed by atoms with van der Waals surface area (Å²) in [5.41, 5.74) is 3.66. The summed E-state index contributed by atoms with van der Waals surface area (Å²) in [6, 6.07) is 8.23. The summed E-state index contributed by atoms with van der Waals surface area (Å²) >= 11 is 0. The highest BCUT2D eigenvalue weighted by molar-refractivity contribution is 6.06. The maximum atomic E-state index is 13.3. The predicted molar refractivity (Wildman–Crippen MR) is 101 cm³/mol. The molecular formula is C21H25N3O2. The van der Waals surface area contributed by atoms with E-state index in [-0.39, 0.29) is 17.9 Å². The number of nitrogens with zero attached hydrogens (tertiary/aromatic N) is 3. The summed E-state index contributed by atoms with van der Waals surface area (Å²) in [4.78, 5) is 33.7. The van der Waals surface area contributed by atoms with Crippen molar-refractivity contribution in [2.75, 3.05) is 20.1 Å². The zero-order valence-electron chi connectivity index (χ0n) is 15.7. The average molecular weight is 351 g/mol. The summed E-state index contributed by atoms with van der Waals surface area (Å²) in [5, 5.41) is 0.929. The van der Waals surface area contributed by atoms with E-state index in [9.17, 15) is 9.59 Å². The van der Waals surface area contributed by atoms with E-state index in [0.717, 1.165) is 41.5 Å². The monoisotopic (exact) mass is 351 g/mol. The first-order chi connectivity index (χ1) is 12.5. The minimum atomic E-state index is 0.0555. The van der Waals surface area contributed by atoms with Crippen LogP contribution in [0.25, 0.3) is 10.9 Å². The van der Waals surface area contributed by atoms with E-state index in [2.05, 4.69) is 24.0 Å². The number of benzene rings is 1. The third-order valence-corrected chi connectivity index (χ3v) is 5.98. The molecule has 3 heterocycles. The number of carbonyl (C=O) groups is 2. The quantitative estimate of drug-likeness (QED) is 0.836. The second-order valence-corrected chi connectivity index (χ2v) is 7.59. The first kappa shape index (κ1) is 17.0. The van der Waals surface area contributed by atoms with Gasteiger partial charge in [-0.15, -0.1) is 0 Å². The molecule has 136 valence electrons. The van der Waals surface area contributed by atoms with Gasteiger partial charge in [0.2, 0.25) is 5.91 Å². The number of hydrogen-bond donors (Lipinski definition) is 0. The maximum Gasteiger partial charge on any atom is 0.254 e. The third-order valence-electron chi connectivity index (χ3n) is 5.98. The highest BCUT2D eigenvalue weighted by Gasteiger charge is 2.42. The van der Waals surface area contributed by atoms with Crippen LogP contribution >= 0.6 is 0 Å². The Morgan fingerprint density at radius 3 is 2.88 bits per heavy atom. The maximum absolute atomic E-state index is 13.3. The summed E-state index contributed by atoms with van der Waals surface area (Å²) in [6.07, 6.45) is 2.45. The topological polar surface area (TPSA) is 53.5 Å².